The lowest BCUT2D eigenvalue weighted by Crippen LogP contribution is -2.26. The van der Waals surface area contributed by atoms with Gasteiger partial charge in [-0.1, -0.05) is 29.8 Å². The number of hydrogen-bond donors (Lipinski definition) is 2. The molecule has 152 valence electrons. The van der Waals surface area contributed by atoms with E-state index in [2.05, 4.69) is 25.9 Å². The predicted octanol–water partition coefficient (Wildman–Crippen LogP) is 3.50. The molecule has 2 N–H and O–H groups in total. The third kappa shape index (κ3) is 4.72. The van der Waals surface area contributed by atoms with Crippen LogP contribution in [0.1, 0.15) is 21.7 Å². The van der Waals surface area contributed by atoms with Gasteiger partial charge in [-0.25, -0.2) is 4.39 Å². The van der Waals surface area contributed by atoms with Crippen molar-refractivity contribution < 1.29 is 9.18 Å². The van der Waals surface area contributed by atoms with Gasteiger partial charge in [0.25, 0.3) is 5.91 Å². The molecule has 0 fully saturated rings. The molecule has 0 saturated carbocycles. The van der Waals surface area contributed by atoms with Crippen LogP contribution >= 0.6 is 11.6 Å². The van der Waals surface area contributed by atoms with E-state index in [9.17, 15) is 9.18 Å². The first kappa shape index (κ1) is 19.8. The molecule has 0 aliphatic rings. The summed E-state index contributed by atoms with van der Waals surface area (Å²) in [4.78, 5) is 12.2. The number of carbonyl (C=O) groups excluding carboxylic acids is 1. The largest absolute Gasteiger partial charge is 0.365 e. The van der Waals surface area contributed by atoms with Gasteiger partial charge in [-0.05, 0) is 48.0 Å². The second-order valence-corrected chi connectivity index (χ2v) is 7.04. The SMILES string of the molecule is O=C(NCCc1nnc2ccc(NCc3ccc(F)cc3)nn12)c1cccc(Cl)c1. The molecule has 2 aromatic heterocycles. The Balaban J connectivity index is 1.38. The minimum Gasteiger partial charge on any atom is -0.365 e. The van der Waals surface area contributed by atoms with Crippen LogP contribution in [0.4, 0.5) is 10.2 Å². The Morgan fingerprint density at radius 1 is 1.07 bits per heavy atom. The molecule has 0 aliphatic carbocycles. The molecule has 4 rings (SSSR count). The number of anilines is 1. The third-order valence-electron chi connectivity index (χ3n) is 4.44. The lowest BCUT2D eigenvalue weighted by Gasteiger charge is -2.07. The number of amides is 1. The van der Waals surface area contributed by atoms with Gasteiger partial charge in [-0.3, -0.25) is 4.79 Å². The van der Waals surface area contributed by atoms with Crippen LogP contribution in [0.2, 0.25) is 5.02 Å². The highest BCUT2D eigenvalue weighted by molar-refractivity contribution is 6.30. The molecule has 0 saturated heterocycles. The number of rotatable bonds is 7. The molecule has 30 heavy (non-hydrogen) atoms. The van der Waals surface area contributed by atoms with Gasteiger partial charge >= 0.3 is 0 Å². The van der Waals surface area contributed by atoms with Gasteiger partial charge in [0.05, 0.1) is 0 Å². The van der Waals surface area contributed by atoms with Gasteiger partial charge < -0.3 is 10.6 Å². The summed E-state index contributed by atoms with van der Waals surface area (Å²) in [6.45, 7) is 0.882. The van der Waals surface area contributed by atoms with E-state index in [0.29, 0.717) is 47.4 Å². The van der Waals surface area contributed by atoms with Crippen molar-refractivity contribution >= 4 is 29.0 Å². The topological polar surface area (TPSA) is 84.2 Å². The quantitative estimate of drug-likeness (QED) is 0.474. The highest BCUT2D eigenvalue weighted by Crippen LogP contribution is 2.12. The molecule has 0 radical (unpaired) electrons. The monoisotopic (exact) mass is 424 g/mol. The van der Waals surface area contributed by atoms with Crippen LogP contribution in [0.25, 0.3) is 5.65 Å². The summed E-state index contributed by atoms with van der Waals surface area (Å²) < 4.78 is 14.7. The maximum atomic E-state index is 13.0. The molecular formula is C21H18ClFN6O. The van der Waals surface area contributed by atoms with E-state index < -0.39 is 0 Å². The molecule has 0 aliphatic heterocycles. The van der Waals surface area contributed by atoms with E-state index in [1.165, 1.54) is 12.1 Å². The molecule has 0 atom stereocenters. The average molecular weight is 425 g/mol. The van der Waals surface area contributed by atoms with E-state index in [-0.39, 0.29) is 11.7 Å². The maximum Gasteiger partial charge on any atom is 0.251 e. The Kier molecular flexibility index (Phi) is 5.85. The van der Waals surface area contributed by atoms with Crippen LogP contribution in [0, 0.1) is 5.82 Å². The summed E-state index contributed by atoms with van der Waals surface area (Å²) >= 11 is 5.92. The normalized spacial score (nSPS) is 10.9. The lowest BCUT2D eigenvalue weighted by molar-refractivity contribution is 0.0954. The van der Waals surface area contributed by atoms with Crippen molar-refractivity contribution in [1.82, 2.24) is 25.1 Å². The summed E-state index contributed by atoms with van der Waals surface area (Å²) in [6.07, 6.45) is 0.460. The van der Waals surface area contributed by atoms with Crippen LogP contribution < -0.4 is 10.6 Å². The molecule has 9 heteroatoms. The summed E-state index contributed by atoms with van der Waals surface area (Å²) in [5, 5.41) is 19.3. The molecule has 2 aromatic carbocycles. The third-order valence-corrected chi connectivity index (χ3v) is 4.67. The molecule has 7 nitrogen and oxygen atoms in total. The fraction of sp³-hybridized carbons (Fsp3) is 0.143. The minimum atomic E-state index is -0.269. The zero-order chi connectivity index (χ0) is 20.9. The standard InChI is InChI=1S/C21H18ClFN6O/c22-16-3-1-2-15(12-16)21(30)24-11-10-20-27-26-19-9-8-18(28-29(19)20)25-13-14-4-6-17(23)7-5-14/h1-9,12H,10-11,13H2,(H,24,30)(H,25,28). The highest BCUT2D eigenvalue weighted by Gasteiger charge is 2.10. The Bertz CT molecular complexity index is 1180. The molecule has 1 amide bonds. The first-order chi connectivity index (χ1) is 14.6. The van der Waals surface area contributed by atoms with Crippen molar-refractivity contribution in [3.05, 3.63) is 88.5 Å². The Morgan fingerprint density at radius 2 is 1.90 bits per heavy atom. The van der Waals surface area contributed by atoms with E-state index in [1.54, 1.807) is 53.0 Å². The Hall–Kier alpha value is -3.52. The lowest BCUT2D eigenvalue weighted by atomic mass is 10.2. The van der Waals surface area contributed by atoms with Gasteiger partial charge in [0.15, 0.2) is 11.5 Å². The number of benzene rings is 2. The molecular weight excluding hydrogens is 407 g/mol. The van der Waals surface area contributed by atoms with Crippen LogP contribution in [0.5, 0.6) is 0 Å². The zero-order valence-electron chi connectivity index (χ0n) is 15.8. The summed E-state index contributed by atoms with van der Waals surface area (Å²) in [5.74, 6) is 0.786. The number of nitrogens with one attached hydrogen (secondary N) is 2. The number of carbonyl (C=O) groups is 1. The van der Waals surface area contributed by atoms with Crippen LogP contribution in [-0.2, 0) is 13.0 Å². The number of aromatic nitrogens is 4. The summed E-state index contributed by atoms with van der Waals surface area (Å²) in [5.41, 5.74) is 2.04. The number of hydrogen-bond acceptors (Lipinski definition) is 5. The van der Waals surface area contributed by atoms with Crippen molar-refractivity contribution in [3.63, 3.8) is 0 Å². The minimum absolute atomic E-state index is 0.207. The van der Waals surface area contributed by atoms with Crippen molar-refractivity contribution in [2.75, 3.05) is 11.9 Å². The molecule has 0 spiro atoms. The van der Waals surface area contributed by atoms with Gasteiger partial charge in [-0.15, -0.1) is 15.3 Å². The molecule has 0 bridgehead atoms. The van der Waals surface area contributed by atoms with Crippen molar-refractivity contribution in [2.45, 2.75) is 13.0 Å². The van der Waals surface area contributed by atoms with E-state index >= 15 is 0 Å². The van der Waals surface area contributed by atoms with Gasteiger partial charge in [0.2, 0.25) is 0 Å². The van der Waals surface area contributed by atoms with Crippen molar-refractivity contribution in [3.8, 4) is 0 Å². The van der Waals surface area contributed by atoms with Crippen LogP contribution in [0.3, 0.4) is 0 Å². The summed E-state index contributed by atoms with van der Waals surface area (Å²) in [7, 11) is 0. The van der Waals surface area contributed by atoms with Gasteiger partial charge in [0.1, 0.15) is 11.6 Å². The first-order valence-electron chi connectivity index (χ1n) is 9.32. The first-order valence-corrected chi connectivity index (χ1v) is 9.70. The van der Waals surface area contributed by atoms with E-state index in [4.69, 9.17) is 11.6 Å². The summed E-state index contributed by atoms with van der Waals surface area (Å²) in [6, 6.07) is 16.6. The van der Waals surface area contributed by atoms with Crippen molar-refractivity contribution in [1.29, 1.82) is 0 Å². The molecule has 2 heterocycles. The van der Waals surface area contributed by atoms with Crippen LogP contribution in [0.15, 0.2) is 60.7 Å². The van der Waals surface area contributed by atoms with Crippen LogP contribution in [-0.4, -0.2) is 32.3 Å². The average Bonchev–Trinajstić information content (AvgIpc) is 3.15. The second kappa shape index (κ2) is 8.87. The van der Waals surface area contributed by atoms with E-state index in [0.717, 1.165) is 5.56 Å². The molecule has 0 unspecified atom stereocenters. The fourth-order valence-electron chi connectivity index (χ4n) is 2.90. The number of halogens is 2. The maximum absolute atomic E-state index is 13.0. The van der Waals surface area contributed by atoms with Gasteiger partial charge in [0, 0.05) is 30.1 Å². The van der Waals surface area contributed by atoms with E-state index in [1.807, 2.05) is 0 Å². The predicted molar refractivity (Wildman–Crippen MR) is 112 cm³/mol. The number of nitrogens with zero attached hydrogens (tertiary/aromatic N) is 4. The Morgan fingerprint density at radius 3 is 2.70 bits per heavy atom. The molecule has 4 aromatic rings. The van der Waals surface area contributed by atoms with Gasteiger partial charge in [-0.2, -0.15) is 4.52 Å². The Labute approximate surface area is 176 Å². The second-order valence-electron chi connectivity index (χ2n) is 6.60. The zero-order valence-corrected chi connectivity index (χ0v) is 16.6. The number of fused-ring (bicyclic) bond motifs is 1. The highest BCUT2D eigenvalue weighted by atomic mass is 35.5. The smallest absolute Gasteiger partial charge is 0.251 e. The fourth-order valence-corrected chi connectivity index (χ4v) is 3.09. The van der Waals surface area contributed by atoms with Crippen molar-refractivity contribution in [2.24, 2.45) is 0 Å².